The average Bonchev–Trinajstić information content (AvgIpc) is 2.63. The Bertz CT molecular complexity index is 332. The molecule has 1 aromatic rings. The first-order chi connectivity index (χ1) is 7.61. The molecule has 0 spiro atoms. The molecule has 0 aliphatic carbocycles. The Labute approximate surface area is 96.5 Å². The number of rotatable bonds is 6. The molecule has 0 aliphatic rings. The van der Waals surface area contributed by atoms with Gasteiger partial charge in [-0.1, -0.05) is 0 Å². The number of imidazole rings is 1. The van der Waals surface area contributed by atoms with Crippen LogP contribution in [0.15, 0.2) is 12.4 Å². The summed E-state index contributed by atoms with van der Waals surface area (Å²) < 4.78 is 1.98. The second-order valence-corrected chi connectivity index (χ2v) is 4.02. The van der Waals surface area contributed by atoms with Crippen molar-refractivity contribution in [2.75, 3.05) is 20.6 Å². The van der Waals surface area contributed by atoms with Crippen molar-refractivity contribution < 1.29 is 4.79 Å². The molecular weight excluding hydrogens is 204 g/mol. The third-order valence-electron chi connectivity index (χ3n) is 2.45. The van der Waals surface area contributed by atoms with E-state index in [9.17, 15) is 4.79 Å². The minimum absolute atomic E-state index is 0.179. The molecule has 90 valence electrons. The molecule has 5 nitrogen and oxygen atoms in total. The van der Waals surface area contributed by atoms with Gasteiger partial charge >= 0.3 is 0 Å². The van der Waals surface area contributed by atoms with Crippen molar-refractivity contribution in [3.05, 3.63) is 18.2 Å². The number of amides is 1. The normalized spacial score (nSPS) is 10.4. The van der Waals surface area contributed by atoms with E-state index in [4.69, 9.17) is 0 Å². The number of hydrogen-bond donors (Lipinski definition) is 1. The second-order valence-electron chi connectivity index (χ2n) is 4.02. The molecule has 0 bridgehead atoms. The van der Waals surface area contributed by atoms with E-state index >= 15 is 0 Å². The lowest BCUT2D eigenvalue weighted by atomic mass is 10.3. The van der Waals surface area contributed by atoms with Crippen molar-refractivity contribution in [3.63, 3.8) is 0 Å². The molecule has 0 saturated carbocycles. The van der Waals surface area contributed by atoms with Crippen LogP contribution in [0.3, 0.4) is 0 Å². The average molecular weight is 224 g/mol. The molecule has 0 aromatic carbocycles. The van der Waals surface area contributed by atoms with Crippen molar-refractivity contribution >= 4 is 5.91 Å². The van der Waals surface area contributed by atoms with Gasteiger partial charge in [0, 0.05) is 40.0 Å². The zero-order chi connectivity index (χ0) is 12.0. The Morgan fingerprint density at radius 1 is 1.56 bits per heavy atom. The Morgan fingerprint density at radius 3 is 2.88 bits per heavy atom. The summed E-state index contributed by atoms with van der Waals surface area (Å²) in [6, 6.07) is 0. The lowest BCUT2D eigenvalue weighted by molar-refractivity contribution is -0.128. The van der Waals surface area contributed by atoms with E-state index in [2.05, 4.69) is 10.3 Å². The highest BCUT2D eigenvalue weighted by Crippen LogP contribution is 1.95. The summed E-state index contributed by atoms with van der Waals surface area (Å²) in [5, 5.41) is 3.27. The van der Waals surface area contributed by atoms with Crippen molar-refractivity contribution in [1.82, 2.24) is 19.8 Å². The van der Waals surface area contributed by atoms with Crippen LogP contribution in [0.1, 0.15) is 18.7 Å². The minimum atomic E-state index is 0.179. The Balaban J connectivity index is 2.09. The molecule has 0 unspecified atom stereocenters. The molecule has 1 amide bonds. The van der Waals surface area contributed by atoms with E-state index < -0.39 is 0 Å². The molecule has 0 fully saturated rings. The predicted octanol–water partition coefficient (Wildman–Crippen LogP) is 0.378. The van der Waals surface area contributed by atoms with Gasteiger partial charge in [0.25, 0.3) is 0 Å². The largest absolute Gasteiger partial charge is 0.349 e. The smallest absolute Gasteiger partial charge is 0.222 e. The molecule has 1 N–H and O–H groups in total. The molecule has 5 heteroatoms. The van der Waals surface area contributed by atoms with Gasteiger partial charge in [0.2, 0.25) is 5.91 Å². The van der Waals surface area contributed by atoms with Gasteiger partial charge in [-0.15, -0.1) is 0 Å². The molecule has 0 saturated heterocycles. The van der Waals surface area contributed by atoms with Gasteiger partial charge in [-0.2, -0.15) is 0 Å². The van der Waals surface area contributed by atoms with Gasteiger partial charge < -0.3 is 14.8 Å². The molecule has 16 heavy (non-hydrogen) atoms. The molecule has 0 aliphatic heterocycles. The SMILES string of the molecule is CN(C)C(=O)CCCNCc1nccn1C. The van der Waals surface area contributed by atoms with Gasteiger partial charge in [0.15, 0.2) is 0 Å². The Morgan fingerprint density at radius 2 is 2.31 bits per heavy atom. The summed E-state index contributed by atoms with van der Waals surface area (Å²) in [5.74, 6) is 1.19. The minimum Gasteiger partial charge on any atom is -0.349 e. The zero-order valence-electron chi connectivity index (χ0n) is 10.2. The molecule has 0 atom stereocenters. The number of aromatic nitrogens is 2. The number of aryl methyl sites for hydroxylation is 1. The van der Waals surface area contributed by atoms with Crippen LogP contribution in [0.25, 0.3) is 0 Å². The maximum atomic E-state index is 11.3. The van der Waals surface area contributed by atoms with E-state index in [-0.39, 0.29) is 5.91 Å². The highest BCUT2D eigenvalue weighted by atomic mass is 16.2. The van der Waals surface area contributed by atoms with Gasteiger partial charge in [-0.05, 0) is 13.0 Å². The molecule has 0 radical (unpaired) electrons. The van der Waals surface area contributed by atoms with Crippen molar-refractivity contribution in [3.8, 4) is 0 Å². The fraction of sp³-hybridized carbons (Fsp3) is 0.636. The number of carbonyl (C=O) groups excluding carboxylic acids is 1. The van der Waals surface area contributed by atoms with Crippen molar-refractivity contribution in [2.24, 2.45) is 7.05 Å². The van der Waals surface area contributed by atoms with Gasteiger partial charge in [-0.25, -0.2) is 4.98 Å². The van der Waals surface area contributed by atoms with Crippen LogP contribution < -0.4 is 5.32 Å². The zero-order valence-corrected chi connectivity index (χ0v) is 10.2. The van der Waals surface area contributed by atoms with Crippen LogP contribution >= 0.6 is 0 Å². The summed E-state index contributed by atoms with van der Waals surface area (Å²) in [6.07, 6.45) is 5.17. The number of hydrogen-bond acceptors (Lipinski definition) is 3. The van der Waals surface area contributed by atoms with E-state index in [0.717, 1.165) is 25.3 Å². The Hall–Kier alpha value is -1.36. The first kappa shape index (κ1) is 12.7. The van der Waals surface area contributed by atoms with Crippen LogP contribution in [-0.2, 0) is 18.4 Å². The highest BCUT2D eigenvalue weighted by Gasteiger charge is 2.03. The fourth-order valence-corrected chi connectivity index (χ4v) is 1.36. The quantitative estimate of drug-likeness (QED) is 0.711. The number of nitrogens with zero attached hydrogens (tertiary/aromatic N) is 3. The van der Waals surface area contributed by atoms with Crippen LogP contribution in [-0.4, -0.2) is 41.0 Å². The van der Waals surface area contributed by atoms with E-state index in [1.807, 2.05) is 17.8 Å². The van der Waals surface area contributed by atoms with Crippen LogP contribution in [0.4, 0.5) is 0 Å². The van der Waals surface area contributed by atoms with E-state index in [0.29, 0.717) is 6.42 Å². The summed E-state index contributed by atoms with van der Waals surface area (Å²) in [6.45, 7) is 1.59. The van der Waals surface area contributed by atoms with Crippen LogP contribution in [0.5, 0.6) is 0 Å². The number of nitrogens with one attached hydrogen (secondary N) is 1. The maximum Gasteiger partial charge on any atom is 0.222 e. The van der Waals surface area contributed by atoms with E-state index in [1.54, 1.807) is 25.2 Å². The van der Waals surface area contributed by atoms with Gasteiger partial charge in [0.05, 0.1) is 6.54 Å². The van der Waals surface area contributed by atoms with Crippen LogP contribution in [0, 0.1) is 0 Å². The third kappa shape index (κ3) is 4.02. The standard InChI is InChI=1S/C11H20N4O/c1-14(2)11(16)5-4-6-12-9-10-13-7-8-15(10)3/h7-8,12H,4-6,9H2,1-3H3. The highest BCUT2D eigenvalue weighted by molar-refractivity contribution is 5.75. The first-order valence-electron chi connectivity index (χ1n) is 5.48. The van der Waals surface area contributed by atoms with Gasteiger partial charge in [-0.3, -0.25) is 4.79 Å². The molecule has 1 aromatic heterocycles. The summed E-state index contributed by atoms with van der Waals surface area (Å²) in [5.41, 5.74) is 0. The predicted molar refractivity (Wildman–Crippen MR) is 62.8 cm³/mol. The monoisotopic (exact) mass is 224 g/mol. The molecule has 1 heterocycles. The summed E-state index contributed by atoms with van der Waals surface area (Å²) in [4.78, 5) is 17.1. The molecular formula is C11H20N4O. The maximum absolute atomic E-state index is 11.3. The number of carbonyl (C=O) groups is 1. The van der Waals surface area contributed by atoms with Crippen molar-refractivity contribution in [2.45, 2.75) is 19.4 Å². The summed E-state index contributed by atoms with van der Waals surface area (Å²) >= 11 is 0. The van der Waals surface area contributed by atoms with Crippen LogP contribution in [0.2, 0.25) is 0 Å². The Kier molecular flexibility index (Phi) is 4.98. The van der Waals surface area contributed by atoms with Crippen molar-refractivity contribution in [1.29, 1.82) is 0 Å². The second kappa shape index (κ2) is 6.27. The summed E-state index contributed by atoms with van der Waals surface area (Å²) in [7, 11) is 5.53. The topological polar surface area (TPSA) is 50.2 Å². The molecule has 1 rings (SSSR count). The van der Waals surface area contributed by atoms with Gasteiger partial charge in [0.1, 0.15) is 5.82 Å². The lowest BCUT2D eigenvalue weighted by Crippen LogP contribution is -2.23. The fourth-order valence-electron chi connectivity index (χ4n) is 1.36. The van der Waals surface area contributed by atoms with E-state index in [1.165, 1.54) is 0 Å². The lowest BCUT2D eigenvalue weighted by Gasteiger charge is -2.10. The third-order valence-corrected chi connectivity index (χ3v) is 2.45. The first-order valence-corrected chi connectivity index (χ1v) is 5.48.